The lowest BCUT2D eigenvalue weighted by atomic mass is 9.34. The maximum absolute atomic E-state index is 12.6. The van der Waals surface area contributed by atoms with E-state index in [-0.39, 0.29) is 23.7 Å². The van der Waals surface area contributed by atoms with Crippen LogP contribution in [0, 0.1) is 45.3 Å². The Morgan fingerprint density at radius 3 is 1.89 bits per heavy atom. The highest BCUT2D eigenvalue weighted by molar-refractivity contribution is 5.22. The van der Waals surface area contributed by atoms with Gasteiger partial charge in [-0.1, -0.05) is 46.3 Å². The SMILES string of the molecule is CC(C)=CCC[C@](C)(O[C@@H]1O[C@H](CO)[C@@H](O)[C@H](O)[C@H]1O)[C@H]1CC[C@]2(C)[C@H]1[C@H](O)C[C@@H]1[C@]3(C)CC[C@H](O)C(C)(C)[C@H]3[C@@H](O[C@@H]3O[C@H](CO)[C@@H](O)[C@H](O)[C@H]3O)C[C@@]12C. The zero-order chi connectivity index (χ0) is 41.5. The van der Waals surface area contributed by atoms with Crippen molar-refractivity contribution in [2.75, 3.05) is 13.2 Å². The summed E-state index contributed by atoms with van der Waals surface area (Å²) in [6, 6.07) is 0. The van der Waals surface area contributed by atoms with E-state index >= 15 is 0 Å². The molecule has 2 heterocycles. The molecule has 6 aliphatic rings. The molecule has 0 unspecified atom stereocenters. The molecular weight excluding hydrogens is 728 g/mol. The molecule has 0 aromatic rings. The number of ether oxygens (including phenoxy) is 4. The number of aliphatic hydroxyl groups is 10. The Kier molecular flexibility index (Phi) is 12.7. The molecular formula is C42H72O14. The van der Waals surface area contributed by atoms with Crippen molar-refractivity contribution in [1.82, 2.24) is 0 Å². The summed E-state index contributed by atoms with van der Waals surface area (Å²) < 4.78 is 25.4. The van der Waals surface area contributed by atoms with Gasteiger partial charge in [0.2, 0.25) is 0 Å². The van der Waals surface area contributed by atoms with Gasteiger partial charge in [-0.15, -0.1) is 0 Å². The number of aliphatic hydroxyl groups excluding tert-OH is 10. The predicted molar refractivity (Wildman–Crippen MR) is 202 cm³/mol. The molecule has 6 fully saturated rings. The molecule has 6 rings (SSSR count). The van der Waals surface area contributed by atoms with Gasteiger partial charge in [0, 0.05) is 0 Å². The minimum absolute atomic E-state index is 0.000258. The molecule has 0 bridgehead atoms. The Morgan fingerprint density at radius 1 is 0.750 bits per heavy atom. The maximum atomic E-state index is 12.6. The van der Waals surface area contributed by atoms with Crippen molar-refractivity contribution in [3.63, 3.8) is 0 Å². The molecule has 0 spiro atoms. The topological polar surface area (TPSA) is 239 Å². The van der Waals surface area contributed by atoms with Gasteiger partial charge in [-0.25, -0.2) is 0 Å². The summed E-state index contributed by atoms with van der Waals surface area (Å²) >= 11 is 0. The minimum Gasteiger partial charge on any atom is -0.394 e. The third kappa shape index (κ3) is 7.06. The van der Waals surface area contributed by atoms with Gasteiger partial charge in [-0.2, -0.15) is 0 Å². The lowest BCUT2D eigenvalue weighted by Crippen LogP contribution is -2.71. The van der Waals surface area contributed by atoms with E-state index in [4.69, 9.17) is 18.9 Å². The molecule has 0 amide bonds. The van der Waals surface area contributed by atoms with E-state index in [0.717, 1.165) is 12.0 Å². The number of allylic oxidation sites excluding steroid dienone is 2. The van der Waals surface area contributed by atoms with Crippen LogP contribution >= 0.6 is 0 Å². The highest BCUT2D eigenvalue weighted by Crippen LogP contribution is 2.76. The van der Waals surface area contributed by atoms with Crippen molar-refractivity contribution in [3.05, 3.63) is 11.6 Å². The predicted octanol–water partition coefficient (Wildman–Crippen LogP) is 1.12. The number of rotatable bonds is 10. The van der Waals surface area contributed by atoms with Gasteiger partial charge >= 0.3 is 0 Å². The van der Waals surface area contributed by atoms with Crippen molar-refractivity contribution in [1.29, 1.82) is 0 Å². The highest BCUT2D eigenvalue weighted by atomic mass is 16.7. The minimum atomic E-state index is -1.61. The first-order chi connectivity index (χ1) is 26.0. The van der Waals surface area contributed by atoms with E-state index in [2.05, 4.69) is 26.8 Å². The standard InChI is InChI=1S/C42H72O14/c1-20(2)10-9-13-42(8,56-37-34(52)32(50)30(48)25(19-44)55-37)21-11-15-40(6)28(21)22(45)16-26-39(5)14-12-27(46)38(3,4)35(39)23(17-41(26,40)7)53-36-33(51)31(49)29(47)24(18-43)54-36/h10,21-37,43-52H,9,11-19H2,1-8H3/t21-,22+,23-,24+,25+,26+,27-,28+,29+,30+,31-,32-,33+,34+,35+,36+,37-,39-,40+,41-,42-/m0/s1. The molecule has 4 saturated carbocycles. The fourth-order valence-electron chi connectivity index (χ4n) is 13.5. The van der Waals surface area contributed by atoms with E-state index in [1.54, 1.807) is 0 Å². The second-order valence-electron chi connectivity index (χ2n) is 20.2. The van der Waals surface area contributed by atoms with Crippen molar-refractivity contribution in [2.45, 2.75) is 192 Å². The van der Waals surface area contributed by atoms with E-state index in [1.165, 1.54) is 0 Å². The summed E-state index contributed by atoms with van der Waals surface area (Å²) in [5, 5.41) is 109. The Morgan fingerprint density at radius 2 is 1.32 bits per heavy atom. The van der Waals surface area contributed by atoms with Crippen molar-refractivity contribution in [2.24, 2.45) is 45.3 Å². The zero-order valence-corrected chi connectivity index (χ0v) is 34.6. The molecule has 21 atom stereocenters. The molecule has 0 aromatic carbocycles. The molecule has 0 radical (unpaired) electrons. The number of hydrogen-bond acceptors (Lipinski definition) is 14. The number of fused-ring (bicyclic) bond motifs is 5. The Bertz CT molecular complexity index is 1400. The summed E-state index contributed by atoms with van der Waals surface area (Å²) in [7, 11) is 0. The van der Waals surface area contributed by atoms with E-state index in [1.807, 2.05) is 34.6 Å². The average Bonchev–Trinajstić information content (AvgIpc) is 3.52. The Hall–Kier alpha value is -0.820. The Balaban J connectivity index is 1.39. The fourth-order valence-corrected chi connectivity index (χ4v) is 13.5. The second kappa shape index (κ2) is 15.9. The van der Waals surface area contributed by atoms with Crippen LogP contribution in [-0.4, -0.2) is 150 Å². The molecule has 2 aliphatic heterocycles. The van der Waals surface area contributed by atoms with Gasteiger partial charge in [0.05, 0.1) is 37.1 Å². The average molecular weight is 801 g/mol. The van der Waals surface area contributed by atoms with Gasteiger partial charge in [0.15, 0.2) is 12.6 Å². The number of hydrogen-bond donors (Lipinski definition) is 10. The zero-order valence-electron chi connectivity index (χ0n) is 34.6. The van der Waals surface area contributed by atoms with Crippen LogP contribution in [0.5, 0.6) is 0 Å². The summed E-state index contributed by atoms with van der Waals surface area (Å²) in [5.41, 5.74) is -1.92. The van der Waals surface area contributed by atoms with Crippen LogP contribution in [0.3, 0.4) is 0 Å². The summed E-state index contributed by atoms with van der Waals surface area (Å²) in [4.78, 5) is 0. The first-order valence-corrected chi connectivity index (χ1v) is 21.0. The van der Waals surface area contributed by atoms with Crippen molar-refractivity contribution in [3.8, 4) is 0 Å². The Labute approximate surface area is 331 Å². The smallest absolute Gasteiger partial charge is 0.187 e. The first kappa shape index (κ1) is 44.7. The van der Waals surface area contributed by atoms with E-state index in [9.17, 15) is 51.1 Å². The van der Waals surface area contributed by atoms with Crippen LogP contribution < -0.4 is 0 Å². The maximum Gasteiger partial charge on any atom is 0.187 e. The lowest BCUT2D eigenvalue weighted by Gasteiger charge is -2.72. The molecule has 14 nitrogen and oxygen atoms in total. The van der Waals surface area contributed by atoms with Crippen molar-refractivity contribution >= 4 is 0 Å². The molecule has 0 aromatic heterocycles. The molecule has 10 N–H and O–H groups in total. The lowest BCUT2D eigenvalue weighted by molar-refractivity contribution is -0.349. The van der Waals surface area contributed by atoms with E-state index < -0.39 is 120 Å². The normalized spacial score (nSPS) is 52.6. The van der Waals surface area contributed by atoms with Crippen LogP contribution in [0.2, 0.25) is 0 Å². The van der Waals surface area contributed by atoms with Gasteiger partial charge in [0.25, 0.3) is 0 Å². The summed E-state index contributed by atoms with van der Waals surface area (Å²) in [6.07, 6.45) is -9.52. The quantitative estimate of drug-likeness (QED) is 0.110. The van der Waals surface area contributed by atoms with Gasteiger partial charge in [0.1, 0.15) is 48.8 Å². The second-order valence-corrected chi connectivity index (χ2v) is 20.2. The van der Waals surface area contributed by atoms with Crippen LogP contribution in [0.1, 0.15) is 107 Å². The summed E-state index contributed by atoms with van der Waals surface area (Å²) in [6.45, 7) is 15.7. The largest absolute Gasteiger partial charge is 0.394 e. The summed E-state index contributed by atoms with van der Waals surface area (Å²) in [5.74, 6) is -0.781. The molecule has 14 heteroatoms. The van der Waals surface area contributed by atoms with Crippen molar-refractivity contribution < 1.29 is 70.0 Å². The third-order valence-corrected chi connectivity index (χ3v) is 16.6. The van der Waals surface area contributed by atoms with Gasteiger partial charge in [-0.05, 0) is 117 Å². The fraction of sp³-hybridized carbons (Fsp3) is 0.952. The third-order valence-electron chi connectivity index (χ3n) is 16.6. The molecule has 56 heavy (non-hydrogen) atoms. The van der Waals surface area contributed by atoms with Gasteiger partial charge < -0.3 is 70.0 Å². The van der Waals surface area contributed by atoms with Crippen LogP contribution in [0.4, 0.5) is 0 Å². The van der Waals surface area contributed by atoms with Crippen LogP contribution in [0.15, 0.2) is 11.6 Å². The highest BCUT2D eigenvalue weighted by Gasteiger charge is 2.74. The molecule has 4 aliphatic carbocycles. The molecule has 2 saturated heterocycles. The monoisotopic (exact) mass is 800 g/mol. The molecule has 324 valence electrons. The van der Waals surface area contributed by atoms with Gasteiger partial charge in [-0.3, -0.25) is 0 Å². The van der Waals surface area contributed by atoms with Crippen LogP contribution in [0.25, 0.3) is 0 Å². The van der Waals surface area contributed by atoms with Crippen LogP contribution in [-0.2, 0) is 18.9 Å². The first-order valence-electron chi connectivity index (χ1n) is 21.0. The van der Waals surface area contributed by atoms with E-state index in [0.29, 0.717) is 44.9 Å².